The van der Waals surface area contributed by atoms with Crippen LogP contribution in [0.25, 0.3) is 10.2 Å². The van der Waals surface area contributed by atoms with Gasteiger partial charge in [0.2, 0.25) is 0 Å². The van der Waals surface area contributed by atoms with Gasteiger partial charge < -0.3 is 5.32 Å². The summed E-state index contributed by atoms with van der Waals surface area (Å²) in [5, 5.41) is 4.09. The van der Waals surface area contributed by atoms with Crippen molar-refractivity contribution in [3.8, 4) is 0 Å². The molecule has 3 rings (SSSR count). The Hall–Kier alpha value is -1.94. The van der Waals surface area contributed by atoms with E-state index in [1.54, 1.807) is 17.5 Å². The van der Waals surface area contributed by atoms with Gasteiger partial charge in [-0.25, -0.2) is 9.97 Å². The fraction of sp³-hybridized carbons (Fsp3) is 0.0769. The fourth-order valence-corrected chi connectivity index (χ4v) is 2.60. The molecule has 0 aliphatic rings. The highest BCUT2D eigenvalue weighted by Gasteiger charge is 2.04. The van der Waals surface area contributed by atoms with Crippen LogP contribution in [0.3, 0.4) is 0 Å². The minimum absolute atomic E-state index is 0.822. The van der Waals surface area contributed by atoms with Gasteiger partial charge in [0.25, 0.3) is 0 Å². The minimum atomic E-state index is 0.822. The first kappa shape index (κ1) is 10.2. The number of fused-ring (bicyclic) bond motifs is 1. The first-order chi connectivity index (χ1) is 8.31. The van der Waals surface area contributed by atoms with Crippen LogP contribution in [0.4, 0.5) is 10.9 Å². The van der Waals surface area contributed by atoms with Crippen LogP contribution in [0, 0.1) is 6.92 Å². The van der Waals surface area contributed by atoms with E-state index in [0.717, 1.165) is 16.5 Å². The molecule has 0 amide bonds. The largest absolute Gasteiger partial charge is 0.316 e. The number of nitrogens with zero attached hydrogens (tertiary/aromatic N) is 2. The van der Waals surface area contributed by atoms with E-state index in [-0.39, 0.29) is 0 Å². The smallest absolute Gasteiger partial charge is 0.189 e. The van der Waals surface area contributed by atoms with Crippen molar-refractivity contribution < 1.29 is 0 Å². The third-order valence-electron chi connectivity index (χ3n) is 2.44. The number of thiazole rings is 1. The van der Waals surface area contributed by atoms with Gasteiger partial charge in [-0.05, 0) is 36.8 Å². The second-order valence-corrected chi connectivity index (χ2v) is 4.86. The SMILES string of the molecule is Cc1ccc2nc(Nc3ccccn3)sc2c1. The third kappa shape index (κ3) is 2.12. The van der Waals surface area contributed by atoms with Gasteiger partial charge in [0.05, 0.1) is 10.2 Å². The van der Waals surface area contributed by atoms with Crippen molar-refractivity contribution in [3.63, 3.8) is 0 Å². The van der Waals surface area contributed by atoms with Crippen molar-refractivity contribution in [2.75, 3.05) is 5.32 Å². The lowest BCUT2D eigenvalue weighted by Crippen LogP contribution is -1.90. The average molecular weight is 241 g/mol. The highest BCUT2D eigenvalue weighted by molar-refractivity contribution is 7.22. The van der Waals surface area contributed by atoms with Gasteiger partial charge in [0.15, 0.2) is 5.13 Å². The molecule has 0 saturated carbocycles. The summed E-state index contributed by atoms with van der Waals surface area (Å²) in [6.45, 7) is 2.09. The first-order valence-electron chi connectivity index (χ1n) is 5.36. The lowest BCUT2D eigenvalue weighted by Gasteiger charge is -1.98. The van der Waals surface area contributed by atoms with Crippen molar-refractivity contribution in [2.24, 2.45) is 0 Å². The molecular formula is C13H11N3S. The maximum atomic E-state index is 4.52. The molecule has 2 aromatic heterocycles. The molecule has 17 heavy (non-hydrogen) atoms. The minimum Gasteiger partial charge on any atom is -0.316 e. The van der Waals surface area contributed by atoms with Gasteiger partial charge in [-0.3, -0.25) is 0 Å². The van der Waals surface area contributed by atoms with Crippen molar-refractivity contribution in [1.29, 1.82) is 0 Å². The Kier molecular flexibility index (Phi) is 2.49. The highest BCUT2D eigenvalue weighted by Crippen LogP contribution is 2.28. The lowest BCUT2D eigenvalue weighted by molar-refractivity contribution is 1.30. The normalized spacial score (nSPS) is 10.6. The summed E-state index contributed by atoms with van der Waals surface area (Å²) in [6.07, 6.45) is 1.76. The first-order valence-corrected chi connectivity index (χ1v) is 6.18. The molecule has 84 valence electrons. The molecule has 4 heteroatoms. The Morgan fingerprint density at radius 3 is 2.94 bits per heavy atom. The van der Waals surface area contributed by atoms with Crippen molar-refractivity contribution >= 4 is 32.5 Å². The maximum Gasteiger partial charge on any atom is 0.189 e. The molecule has 0 aliphatic carbocycles. The zero-order valence-corrected chi connectivity index (χ0v) is 10.2. The van der Waals surface area contributed by atoms with Crippen LogP contribution in [0.2, 0.25) is 0 Å². The van der Waals surface area contributed by atoms with E-state index in [0.29, 0.717) is 0 Å². The highest BCUT2D eigenvalue weighted by atomic mass is 32.1. The summed E-state index contributed by atoms with van der Waals surface area (Å²) < 4.78 is 1.20. The standard InChI is InChI=1S/C13H11N3S/c1-9-5-6-10-11(8-9)17-13(15-10)16-12-4-2-3-7-14-12/h2-8H,1H3,(H,14,15,16). The number of hydrogen-bond donors (Lipinski definition) is 1. The van der Waals surface area contributed by atoms with Crippen LogP contribution >= 0.6 is 11.3 Å². The van der Waals surface area contributed by atoms with E-state index in [4.69, 9.17) is 0 Å². The van der Waals surface area contributed by atoms with E-state index in [1.807, 2.05) is 24.3 Å². The molecule has 0 atom stereocenters. The molecule has 0 unspecified atom stereocenters. The van der Waals surface area contributed by atoms with E-state index in [9.17, 15) is 0 Å². The van der Waals surface area contributed by atoms with Crippen molar-refractivity contribution in [1.82, 2.24) is 9.97 Å². The number of aryl methyl sites for hydroxylation is 1. The van der Waals surface area contributed by atoms with Crippen molar-refractivity contribution in [3.05, 3.63) is 48.2 Å². The van der Waals surface area contributed by atoms with E-state index < -0.39 is 0 Å². The second kappa shape index (κ2) is 4.14. The number of aromatic nitrogens is 2. The lowest BCUT2D eigenvalue weighted by atomic mass is 10.2. The predicted molar refractivity (Wildman–Crippen MR) is 71.9 cm³/mol. The summed E-state index contributed by atoms with van der Waals surface area (Å²) in [6, 6.07) is 12.0. The van der Waals surface area contributed by atoms with Gasteiger partial charge in [-0.15, -0.1) is 0 Å². The quantitative estimate of drug-likeness (QED) is 0.742. The molecule has 0 fully saturated rings. The molecule has 0 bridgehead atoms. The van der Waals surface area contributed by atoms with Crippen LogP contribution in [0.5, 0.6) is 0 Å². The Morgan fingerprint density at radius 2 is 2.12 bits per heavy atom. The summed E-state index contributed by atoms with van der Waals surface area (Å²) in [5.74, 6) is 0.822. The van der Waals surface area contributed by atoms with Crippen LogP contribution in [0.1, 0.15) is 5.56 Å². The number of pyridine rings is 1. The molecule has 3 nitrogen and oxygen atoms in total. The summed E-state index contributed by atoms with van der Waals surface area (Å²) in [7, 11) is 0. The molecule has 1 N–H and O–H groups in total. The van der Waals surface area contributed by atoms with Gasteiger partial charge in [-0.2, -0.15) is 0 Å². The summed E-state index contributed by atoms with van der Waals surface area (Å²) >= 11 is 1.64. The number of nitrogens with one attached hydrogen (secondary N) is 1. The van der Waals surface area contributed by atoms with Gasteiger partial charge >= 0.3 is 0 Å². The monoisotopic (exact) mass is 241 g/mol. The van der Waals surface area contributed by atoms with E-state index >= 15 is 0 Å². The van der Waals surface area contributed by atoms with Crippen LogP contribution in [-0.4, -0.2) is 9.97 Å². The van der Waals surface area contributed by atoms with Crippen LogP contribution < -0.4 is 5.32 Å². The number of rotatable bonds is 2. The third-order valence-corrected chi connectivity index (χ3v) is 3.38. The second-order valence-electron chi connectivity index (χ2n) is 3.83. The zero-order chi connectivity index (χ0) is 11.7. The Balaban J connectivity index is 1.96. The van der Waals surface area contributed by atoms with Crippen LogP contribution in [0.15, 0.2) is 42.6 Å². The van der Waals surface area contributed by atoms with Crippen molar-refractivity contribution in [2.45, 2.75) is 6.92 Å². The molecule has 1 aromatic carbocycles. The van der Waals surface area contributed by atoms with E-state index in [2.05, 4.69) is 34.3 Å². The molecule has 2 heterocycles. The summed E-state index contributed by atoms with van der Waals surface area (Å²) in [5.41, 5.74) is 2.28. The number of hydrogen-bond acceptors (Lipinski definition) is 4. The molecule has 3 aromatic rings. The number of anilines is 2. The zero-order valence-electron chi connectivity index (χ0n) is 9.34. The topological polar surface area (TPSA) is 37.8 Å². The predicted octanol–water partition coefficient (Wildman–Crippen LogP) is 3.74. The van der Waals surface area contributed by atoms with Gasteiger partial charge in [0, 0.05) is 6.20 Å². The van der Waals surface area contributed by atoms with Gasteiger partial charge in [-0.1, -0.05) is 23.5 Å². The number of benzene rings is 1. The average Bonchev–Trinajstić information content (AvgIpc) is 2.71. The van der Waals surface area contributed by atoms with Crippen LogP contribution in [-0.2, 0) is 0 Å². The Labute approximate surface area is 103 Å². The molecule has 0 aliphatic heterocycles. The molecular weight excluding hydrogens is 230 g/mol. The summed E-state index contributed by atoms with van der Waals surface area (Å²) in [4.78, 5) is 8.73. The Morgan fingerprint density at radius 1 is 1.18 bits per heavy atom. The fourth-order valence-electron chi connectivity index (χ4n) is 1.63. The maximum absolute atomic E-state index is 4.52. The van der Waals surface area contributed by atoms with E-state index in [1.165, 1.54) is 10.3 Å². The molecule has 0 saturated heterocycles. The Bertz CT molecular complexity index is 646. The van der Waals surface area contributed by atoms with Gasteiger partial charge in [0.1, 0.15) is 5.82 Å². The molecule has 0 radical (unpaired) electrons. The molecule has 0 spiro atoms.